The van der Waals surface area contributed by atoms with Crippen LogP contribution < -0.4 is 5.73 Å². The zero-order chi connectivity index (χ0) is 12.8. The molecule has 0 aromatic carbocycles. The van der Waals surface area contributed by atoms with Crippen molar-refractivity contribution in [3.05, 3.63) is 0 Å². The van der Waals surface area contributed by atoms with E-state index in [4.69, 9.17) is 5.73 Å². The van der Waals surface area contributed by atoms with Crippen LogP contribution in [0.5, 0.6) is 0 Å². The predicted molar refractivity (Wildman–Crippen MR) is 74.2 cm³/mol. The van der Waals surface area contributed by atoms with Crippen molar-refractivity contribution in [2.45, 2.75) is 64.2 Å². The largest absolute Gasteiger partial charge is 0.342 e. The van der Waals surface area contributed by atoms with E-state index in [0.717, 1.165) is 25.9 Å². The molecule has 2 N–H and O–H groups in total. The lowest BCUT2D eigenvalue weighted by molar-refractivity contribution is -0.144. The molecule has 1 aliphatic heterocycles. The van der Waals surface area contributed by atoms with Gasteiger partial charge in [-0.3, -0.25) is 4.79 Å². The number of rotatable bonds is 2. The van der Waals surface area contributed by atoms with E-state index in [1.165, 1.54) is 51.4 Å². The van der Waals surface area contributed by atoms with Crippen molar-refractivity contribution in [1.82, 2.24) is 4.90 Å². The van der Waals surface area contributed by atoms with Crippen molar-refractivity contribution >= 4 is 5.91 Å². The molecular formula is C15H28N2O. The molecule has 2 rings (SSSR count). The molecule has 1 amide bonds. The highest BCUT2D eigenvalue weighted by Gasteiger charge is 2.40. The Morgan fingerprint density at radius 1 is 0.889 bits per heavy atom. The molecule has 0 radical (unpaired) electrons. The molecule has 0 atom stereocenters. The van der Waals surface area contributed by atoms with E-state index < -0.39 is 0 Å². The van der Waals surface area contributed by atoms with Gasteiger partial charge in [0.2, 0.25) is 5.91 Å². The van der Waals surface area contributed by atoms with Crippen LogP contribution in [0.15, 0.2) is 0 Å². The van der Waals surface area contributed by atoms with Gasteiger partial charge in [-0.15, -0.1) is 0 Å². The monoisotopic (exact) mass is 252 g/mol. The van der Waals surface area contributed by atoms with Gasteiger partial charge in [0.15, 0.2) is 0 Å². The van der Waals surface area contributed by atoms with E-state index in [2.05, 4.69) is 4.90 Å². The number of amides is 1. The molecule has 0 unspecified atom stereocenters. The van der Waals surface area contributed by atoms with Crippen LogP contribution in [0, 0.1) is 5.41 Å². The van der Waals surface area contributed by atoms with Gasteiger partial charge in [0, 0.05) is 19.6 Å². The maximum Gasteiger partial charge on any atom is 0.230 e. The molecule has 1 saturated heterocycles. The summed E-state index contributed by atoms with van der Waals surface area (Å²) in [6, 6.07) is 0. The van der Waals surface area contributed by atoms with Crippen LogP contribution in [0.25, 0.3) is 0 Å². The fraction of sp³-hybridized carbons (Fsp3) is 0.933. The third kappa shape index (κ3) is 3.05. The van der Waals surface area contributed by atoms with Crippen molar-refractivity contribution in [3.63, 3.8) is 0 Å². The van der Waals surface area contributed by atoms with Gasteiger partial charge in [0.25, 0.3) is 0 Å². The fourth-order valence-electron chi connectivity index (χ4n) is 3.52. The first-order valence-electron chi connectivity index (χ1n) is 7.78. The second-order valence-electron chi connectivity index (χ2n) is 6.11. The third-order valence-corrected chi connectivity index (χ3v) is 4.80. The Hall–Kier alpha value is -0.570. The molecule has 2 fully saturated rings. The molecule has 18 heavy (non-hydrogen) atoms. The molecular weight excluding hydrogens is 224 g/mol. The molecule has 0 bridgehead atoms. The Balaban J connectivity index is 2.02. The van der Waals surface area contributed by atoms with Crippen LogP contribution in [-0.4, -0.2) is 30.4 Å². The van der Waals surface area contributed by atoms with Crippen molar-refractivity contribution in [3.8, 4) is 0 Å². The number of nitrogens with zero attached hydrogens (tertiary/aromatic N) is 1. The number of hydrogen-bond acceptors (Lipinski definition) is 2. The zero-order valence-electron chi connectivity index (χ0n) is 11.6. The molecule has 104 valence electrons. The SMILES string of the molecule is NCC1(C(=O)N2CCCCCCC2)CCCCC1. The molecule has 1 saturated carbocycles. The second-order valence-corrected chi connectivity index (χ2v) is 6.11. The first-order valence-corrected chi connectivity index (χ1v) is 7.78. The number of likely N-dealkylation sites (tertiary alicyclic amines) is 1. The number of hydrogen-bond donors (Lipinski definition) is 1. The topological polar surface area (TPSA) is 46.3 Å². The average Bonchev–Trinajstić information content (AvgIpc) is 2.38. The van der Waals surface area contributed by atoms with Crippen LogP contribution in [0.4, 0.5) is 0 Å². The Bertz CT molecular complexity index is 264. The molecule has 2 aliphatic rings. The van der Waals surface area contributed by atoms with E-state index in [1.54, 1.807) is 0 Å². The summed E-state index contributed by atoms with van der Waals surface area (Å²) in [6.07, 6.45) is 11.9. The van der Waals surface area contributed by atoms with Crippen molar-refractivity contribution in [1.29, 1.82) is 0 Å². The standard InChI is InChI=1S/C15H28N2O/c16-13-15(9-5-4-6-10-15)14(18)17-11-7-2-1-3-8-12-17/h1-13,16H2. The van der Waals surface area contributed by atoms with Gasteiger partial charge >= 0.3 is 0 Å². The highest BCUT2D eigenvalue weighted by Crippen LogP contribution is 2.37. The minimum atomic E-state index is -0.211. The summed E-state index contributed by atoms with van der Waals surface area (Å²) in [5, 5.41) is 0. The Morgan fingerprint density at radius 2 is 1.39 bits per heavy atom. The van der Waals surface area contributed by atoms with Crippen molar-refractivity contribution < 1.29 is 4.79 Å². The van der Waals surface area contributed by atoms with Gasteiger partial charge in [-0.05, 0) is 25.7 Å². The van der Waals surface area contributed by atoms with Crippen molar-refractivity contribution in [2.75, 3.05) is 19.6 Å². The van der Waals surface area contributed by atoms with Crippen LogP contribution in [-0.2, 0) is 4.79 Å². The molecule has 0 spiro atoms. The Labute approximate surface area is 111 Å². The molecule has 1 aliphatic carbocycles. The van der Waals surface area contributed by atoms with Gasteiger partial charge in [0.1, 0.15) is 0 Å². The molecule has 3 heteroatoms. The highest BCUT2D eigenvalue weighted by molar-refractivity contribution is 5.83. The minimum Gasteiger partial charge on any atom is -0.342 e. The maximum absolute atomic E-state index is 12.8. The zero-order valence-corrected chi connectivity index (χ0v) is 11.6. The average molecular weight is 252 g/mol. The van der Waals surface area contributed by atoms with Crippen molar-refractivity contribution in [2.24, 2.45) is 11.1 Å². The molecule has 3 nitrogen and oxygen atoms in total. The van der Waals surface area contributed by atoms with E-state index in [1.807, 2.05) is 0 Å². The quantitative estimate of drug-likeness (QED) is 0.821. The summed E-state index contributed by atoms with van der Waals surface area (Å²) in [4.78, 5) is 14.9. The van der Waals surface area contributed by atoms with Crippen LogP contribution in [0.3, 0.4) is 0 Å². The Morgan fingerprint density at radius 3 is 1.94 bits per heavy atom. The summed E-state index contributed by atoms with van der Waals surface area (Å²) < 4.78 is 0. The van der Waals surface area contributed by atoms with Gasteiger partial charge < -0.3 is 10.6 Å². The van der Waals surface area contributed by atoms with E-state index in [9.17, 15) is 4.79 Å². The highest BCUT2D eigenvalue weighted by atomic mass is 16.2. The number of nitrogens with two attached hydrogens (primary N) is 1. The number of carbonyl (C=O) groups excluding carboxylic acids is 1. The fourth-order valence-corrected chi connectivity index (χ4v) is 3.52. The van der Waals surface area contributed by atoms with E-state index in [0.29, 0.717) is 12.5 Å². The number of carbonyl (C=O) groups is 1. The van der Waals surface area contributed by atoms with E-state index >= 15 is 0 Å². The summed E-state index contributed by atoms with van der Waals surface area (Å²) in [7, 11) is 0. The van der Waals surface area contributed by atoms with Crippen LogP contribution >= 0.6 is 0 Å². The lowest BCUT2D eigenvalue weighted by atomic mass is 9.73. The second kappa shape index (κ2) is 6.55. The smallest absolute Gasteiger partial charge is 0.230 e. The minimum absolute atomic E-state index is 0.211. The third-order valence-electron chi connectivity index (χ3n) is 4.80. The first kappa shape index (κ1) is 13.9. The lowest BCUT2D eigenvalue weighted by Gasteiger charge is -2.39. The van der Waals surface area contributed by atoms with Crippen LogP contribution in [0.2, 0.25) is 0 Å². The van der Waals surface area contributed by atoms with Crippen LogP contribution in [0.1, 0.15) is 64.2 Å². The predicted octanol–water partition coefficient (Wildman–Crippen LogP) is 2.69. The molecule has 0 aromatic rings. The van der Waals surface area contributed by atoms with Gasteiger partial charge in [-0.1, -0.05) is 38.5 Å². The normalized spacial score (nSPS) is 25.3. The summed E-state index contributed by atoms with van der Waals surface area (Å²) in [5.41, 5.74) is 5.76. The lowest BCUT2D eigenvalue weighted by Crippen LogP contribution is -2.49. The summed E-state index contributed by atoms with van der Waals surface area (Å²) in [5.74, 6) is 0.367. The molecule has 1 heterocycles. The van der Waals surface area contributed by atoms with Gasteiger partial charge in [0.05, 0.1) is 5.41 Å². The molecule has 0 aromatic heterocycles. The van der Waals surface area contributed by atoms with Gasteiger partial charge in [-0.25, -0.2) is 0 Å². The summed E-state index contributed by atoms with van der Waals surface area (Å²) in [6.45, 7) is 2.46. The summed E-state index contributed by atoms with van der Waals surface area (Å²) >= 11 is 0. The van der Waals surface area contributed by atoms with Gasteiger partial charge in [-0.2, -0.15) is 0 Å². The van der Waals surface area contributed by atoms with E-state index in [-0.39, 0.29) is 5.41 Å². The maximum atomic E-state index is 12.8. The Kier molecular flexibility index (Phi) is 5.04. The first-order chi connectivity index (χ1) is 8.78.